The molecule has 0 bridgehead atoms. The van der Waals surface area contributed by atoms with Gasteiger partial charge < -0.3 is 15.4 Å². The molecule has 0 spiro atoms. The van der Waals surface area contributed by atoms with Crippen LogP contribution in [0.25, 0.3) is 0 Å². The van der Waals surface area contributed by atoms with Crippen LogP contribution in [0.2, 0.25) is 0 Å². The molecule has 154 valence electrons. The molecule has 1 heterocycles. The normalized spacial score (nSPS) is 12.8. The minimum Gasteiger partial charge on any atom is -0.488 e. The van der Waals surface area contributed by atoms with Gasteiger partial charge in [-0.05, 0) is 39.3 Å². The third-order valence-electron chi connectivity index (χ3n) is 3.56. The molecule has 1 aromatic carbocycles. The highest BCUT2D eigenvalue weighted by molar-refractivity contribution is 7.09. The number of aliphatic imine (C=N–C) groups is 1. The van der Waals surface area contributed by atoms with E-state index in [9.17, 15) is 13.2 Å². The fraction of sp³-hybridized carbons (Fsp3) is 0.474. The second-order valence-electron chi connectivity index (χ2n) is 7.23. The summed E-state index contributed by atoms with van der Waals surface area (Å²) in [5.74, 6) is 1.25. The summed E-state index contributed by atoms with van der Waals surface area (Å²) in [5, 5.41) is 7.48. The number of thiazole rings is 1. The van der Waals surface area contributed by atoms with E-state index in [1.165, 1.54) is 0 Å². The molecule has 0 fully saturated rings. The van der Waals surface area contributed by atoms with Crippen molar-refractivity contribution in [3.63, 3.8) is 0 Å². The third kappa shape index (κ3) is 6.70. The van der Waals surface area contributed by atoms with E-state index in [4.69, 9.17) is 4.74 Å². The van der Waals surface area contributed by atoms with Crippen LogP contribution >= 0.6 is 11.3 Å². The van der Waals surface area contributed by atoms with Crippen molar-refractivity contribution in [2.45, 2.75) is 52.6 Å². The van der Waals surface area contributed by atoms with Crippen molar-refractivity contribution in [1.29, 1.82) is 0 Å². The maximum atomic E-state index is 12.6. The molecule has 2 rings (SSSR count). The topological polar surface area (TPSA) is 58.5 Å². The van der Waals surface area contributed by atoms with E-state index in [1.54, 1.807) is 7.05 Å². The van der Waals surface area contributed by atoms with Crippen molar-refractivity contribution in [2.24, 2.45) is 4.99 Å². The zero-order valence-corrected chi connectivity index (χ0v) is 17.4. The Bertz CT molecular complexity index is 825. The monoisotopic (exact) mass is 414 g/mol. The Hall–Kier alpha value is -2.29. The number of aryl methyl sites for hydroxylation is 1. The summed E-state index contributed by atoms with van der Waals surface area (Å²) in [5.41, 5.74) is 0.844. The summed E-state index contributed by atoms with van der Waals surface area (Å²) in [6.07, 6.45) is -4.43. The maximum absolute atomic E-state index is 12.6. The average Bonchev–Trinajstić information content (AvgIpc) is 3.04. The molecular formula is C19H25F3N4OS. The van der Waals surface area contributed by atoms with Crippen LogP contribution in [0.3, 0.4) is 0 Å². The van der Waals surface area contributed by atoms with Gasteiger partial charge in [-0.25, -0.2) is 4.98 Å². The molecule has 28 heavy (non-hydrogen) atoms. The van der Waals surface area contributed by atoms with Gasteiger partial charge in [0.25, 0.3) is 0 Å². The van der Waals surface area contributed by atoms with Crippen molar-refractivity contribution in [3.8, 4) is 5.75 Å². The molecule has 0 aliphatic heterocycles. The first-order valence-corrected chi connectivity index (χ1v) is 9.60. The number of aromatic nitrogens is 1. The number of nitrogens with zero attached hydrogens (tertiary/aromatic N) is 2. The molecule has 0 aliphatic rings. The molecular weight excluding hydrogens is 389 g/mol. The van der Waals surface area contributed by atoms with Crippen LogP contribution < -0.4 is 15.4 Å². The van der Waals surface area contributed by atoms with Crippen molar-refractivity contribution < 1.29 is 17.9 Å². The van der Waals surface area contributed by atoms with Crippen LogP contribution in [0.15, 0.2) is 28.6 Å². The number of hydrogen-bond acceptors (Lipinski definition) is 4. The van der Waals surface area contributed by atoms with Gasteiger partial charge in [0.05, 0.1) is 6.54 Å². The van der Waals surface area contributed by atoms with Crippen LogP contribution in [-0.4, -0.2) is 23.6 Å². The van der Waals surface area contributed by atoms with Crippen LogP contribution in [-0.2, 0) is 19.3 Å². The highest BCUT2D eigenvalue weighted by Gasteiger charge is 2.33. The highest BCUT2D eigenvalue weighted by Crippen LogP contribution is 2.30. The molecule has 9 heteroatoms. The fourth-order valence-electron chi connectivity index (χ4n) is 2.31. The molecule has 2 N–H and O–H groups in total. The Labute approximate surface area is 167 Å². The van der Waals surface area contributed by atoms with E-state index < -0.39 is 11.9 Å². The van der Waals surface area contributed by atoms with Crippen LogP contribution in [0.4, 0.5) is 13.2 Å². The zero-order chi connectivity index (χ0) is 20.9. The van der Waals surface area contributed by atoms with E-state index in [-0.39, 0.29) is 12.1 Å². The Balaban J connectivity index is 1.98. The van der Waals surface area contributed by atoms with E-state index in [2.05, 4.69) is 20.6 Å². The molecule has 0 saturated heterocycles. The number of halogens is 3. The van der Waals surface area contributed by atoms with Crippen molar-refractivity contribution in [2.75, 3.05) is 7.05 Å². The number of rotatable bonds is 5. The Morgan fingerprint density at radius 3 is 2.43 bits per heavy atom. The highest BCUT2D eigenvalue weighted by atomic mass is 32.1. The summed E-state index contributed by atoms with van der Waals surface area (Å²) in [7, 11) is 1.60. The van der Waals surface area contributed by atoms with Crippen molar-refractivity contribution in [3.05, 3.63) is 45.4 Å². The second kappa shape index (κ2) is 8.81. The predicted octanol–water partition coefficient (Wildman–Crippen LogP) is 4.51. The second-order valence-corrected chi connectivity index (χ2v) is 8.17. The van der Waals surface area contributed by atoms with Gasteiger partial charge in [0.15, 0.2) is 11.7 Å². The van der Waals surface area contributed by atoms with Gasteiger partial charge in [-0.15, -0.1) is 11.3 Å². The standard InChI is InChI=1S/C19H25F3N4OS/c1-12-6-7-13(14(8-12)27-18(2,3)4)9-24-17(23-5)25-10-16-26-15(11-28-16)19(20,21)22/h6-8,11H,9-10H2,1-5H3,(H2,23,24,25). The smallest absolute Gasteiger partial charge is 0.434 e. The summed E-state index contributed by atoms with van der Waals surface area (Å²) in [4.78, 5) is 7.70. The Morgan fingerprint density at radius 2 is 1.86 bits per heavy atom. The van der Waals surface area contributed by atoms with Crippen LogP contribution in [0.5, 0.6) is 5.75 Å². The lowest BCUT2D eigenvalue weighted by Gasteiger charge is -2.24. The molecule has 0 atom stereocenters. The van der Waals surface area contributed by atoms with E-state index in [1.807, 2.05) is 45.9 Å². The summed E-state index contributed by atoms with van der Waals surface area (Å²) < 4.78 is 43.9. The average molecular weight is 414 g/mol. The molecule has 0 unspecified atom stereocenters. The first-order chi connectivity index (χ1) is 13.0. The minimum absolute atomic E-state index is 0.152. The maximum Gasteiger partial charge on any atom is 0.434 e. The quantitative estimate of drug-likeness (QED) is 0.558. The first kappa shape index (κ1) is 22.0. The predicted molar refractivity (Wildman–Crippen MR) is 106 cm³/mol. The van der Waals surface area contributed by atoms with Crippen LogP contribution in [0.1, 0.15) is 42.6 Å². The van der Waals surface area contributed by atoms with Gasteiger partial charge in [-0.3, -0.25) is 4.99 Å². The lowest BCUT2D eigenvalue weighted by atomic mass is 10.1. The van der Waals surface area contributed by atoms with E-state index in [0.717, 1.165) is 33.6 Å². The van der Waals surface area contributed by atoms with Crippen LogP contribution in [0, 0.1) is 6.92 Å². The van der Waals surface area contributed by atoms with Crippen molar-refractivity contribution >= 4 is 17.3 Å². The van der Waals surface area contributed by atoms with Gasteiger partial charge in [0.2, 0.25) is 0 Å². The van der Waals surface area contributed by atoms with Gasteiger partial charge >= 0.3 is 6.18 Å². The lowest BCUT2D eigenvalue weighted by molar-refractivity contribution is -0.140. The largest absolute Gasteiger partial charge is 0.488 e. The van der Waals surface area contributed by atoms with E-state index in [0.29, 0.717) is 17.5 Å². The summed E-state index contributed by atoms with van der Waals surface area (Å²) in [6, 6.07) is 5.96. The first-order valence-electron chi connectivity index (χ1n) is 8.72. The van der Waals surface area contributed by atoms with Gasteiger partial charge in [0, 0.05) is 24.5 Å². The number of guanidine groups is 1. The molecule has 0 aliphatic carbocycles. The summed E-state index contributed by atoms with van der Waals surface area (Å²) in [6.45, 7) is 8.55. The lowest BCUT2D eigenvalue weighted by Crippen LogP contribution is -2.36. The number of benzene rings is 1. The molecule has 2 aromatic rings. The molecule has 1 aromatic heterocycles. The number of hydrogen-bond donors (Lipinski definition) is 2. The Kier molecular flexibility index (Phi) is 6.92. The van der Waals surface area contributed by atoms with Gasteiger partial charge in [-0.1, -0.05) is 12.1 Å². The number of ether oxygens (including phenoxy) is 1. The molecule has 0 amide bonds. The Morgan fingerprint density at radius 1 is 1.18 bits per heavy atom. The van der Waals surface area contributed by atoms with E-state index >= 15 is 0 Å². The number of alkyl halides is 3. The third-order valence-corrected chi connectivity index (χ3v) is 4.41. The van der Waals surface area contributed by atoms with Gasteiger partial charge in [0.1, 0.15) is 16.4 Å². The SMILES string of the molecule is CN=C(NCc1nc(C(F)(F)F)cs1)NCc1ccc(C)cc1OC(C)(C)C. The minimum atomic E-state index is -4.43. The molecule has 0 radical (unpaired) electrons. The molecule has 0 saturated carbocycles. The van der Waals surface area contributed by atoms with Gasteiger partial charge in [-0.2, -0.15) is 13.2 Å². The number of nitrogens with one attached hydrogen (secondary N) is 2. The summed E-state index contributed by atoms with van der Waals surface area (Å²) >= 11 is 0.957. The molecule has 5 nitrogen and oxygen atoms in total. The fourth-order valence-corrected chi connectivity index (χ4v) is 3.05. The van der Waals surface area contributed by atoms with Crippen molar-refractivity contribution in [1.82, 2.24) is 15.6 Å². The zero-order valence-electron chi connectivity index (χ0n) is 16.6.